The molecule has 0 bridgehead atoms. The van der Waals surface area contributed by atoms with Gasteiger partial charge in [0.05, 0.1) is 17.6 Å². The lowest BCUT2D eigenvalue weighted by molar-refractivity contribution is 0.296. The van der Waals surface area contributed by atoms with Crippen LogP contribution in [0, 0.1) is 0 Å². The van der Waals surface area contributed by atoms with E-state index in [-0.39, 0.29) is 6.04 Å². The van der Waals surface area contributed by atoms with Crippen LogP contribution < -0.4 is 14.8 Å². The molecule has 0 spiro atoms. The maximum absolute atomic E-state index is 5.99. The SMILES string of the molecule is CC(NCc1cccc2c1OCCCO2)c1ccc(Cl)s1. The van der Waals surface area contributed by atoms with Gasteiger partial charge in [-0.3, -0.25) is 0 Å². The van der Waals surface area contributed by atoms with Gasteiger partial charge in [-0.25, -0.2) is 0 Å². The molecular weight excluding hydrogens is 306 g/mol. The average Bonchev–Trinajstić information content (AvgIpc) is 2.78. The van der Waals surface area contributed by atoms with E-state index >= 15 is 0 Å². The number of hydrogen-bond donors (Lipinski definition) is 1. The number of nitrogens with one attached hydrogen (secondary N) is 1. The van der Waals surface area contributed by atoms with Crippen LogP contribution in [0.3, 0.4) is 0 Å². The van der Waals surface area contributed by atoms with Gasteiger partial charge >= 0.3 is 0 Å². The maximum atomic E-state index is 5.99. The predicted octanol–water partition coefficient (Wildman–Crippen LogP) is 4.41. The van der Waals surface area contributed by atoms with Gasteiger partial charge in [0.2, 0.25) is 0 Å². The Morgan fingerprint density at radius 1 is 1.24 bits per heavy atom. The number of rotatable bonds is 4. The number of ether oxygens (including phenoxy) is 2. The van der Waals surface area contributed by atoms with Crippen molar-refractivity contribution in [3.63, 3.8) is 0 Å². The van der Waals surface area contributed by atoms with Crippen LogP contribution in [0.1, 0.15) is 29.8 Å². The molecule has 1 N–H and O–H groups in total. The summed E-state index contributed by atoms with van der Waals surface area (Å²) in [5, 5.41) is 3.52. The normalized spacial score (nSPS) is 15.5. The molecule has 0 saturated heterocycles. The highest BCUT2D eigenvalue weighted by Gasteiger charge is 2.15. The predicted molar refractivity (Wildman–Crippen MR) is 86.6 cm³/mol. The van der Waals surface area contributed by atoms with E-state index in [1.807, 2.05) is 18.2 Å². The maximum Gasteiger partial charge on any atom is 0.165 e. The molecule has 3 rings (SSSR count). The molecular formula is C16H18ClNO2S. The van der Waals surface area contributed by atoms with E-state index in [0.717, 1.165) is 34.4 Å². The fourth-order valence-electron chi connectivity index (χ4n) is 2.32. The minimum atomic E-state index is 0.255. The number of benzene rings is 1. The van der Waals surface area contributed by atoms with Crippen molar-refractivity contribution in [2.45, 2.75) is 25.9 Å². The van der Waals surface area contributed by atoms with E-state index in [9.17, 15) is 0 Å². The van der Waals surface area contributed by atoms with E-state index in [0.29, 0.717) is 13.2 Å². The van der Waals surface area contributed by atoms with Gasteiger partial charge in [-0.15, -0.1) is 11.3 Å². The number of para-hydroxylation sites is 1. The Bertz CT molecular complexity index is 614. The van der Waals surface area contributed by atoms with Gasteiger partial charge in [0.1, 0.15) is 0 Å². The van der Waals surface area contributed by atoms with Gasteiger partial charge in [-0.1, -0.05) is 23.7 Å². The molecule has 1 aromatic carbocycles. The first-order valence-electron chi connectivity index (χ1n) is 7.10. The summed E-state index contributed by atoms with van der Waals surface area (Å²) in [4.78, 5) is 1.24. The molecule has 1 unspecified atom stereocenters. The van der Waals surface area contributed by atoms with Crippen molar-refractivity contribution >= 4 is 22.9 Å². The molecule has 0 radical (unpaired) electrons. The van der Waals surface area contributed by atoms with Gasteiger partial charge in [-0.2, -0.15) is 0 Å². The van der Waals surface area contributed by atoms with Crippen LogP contribution in [-0.4, -0.2) is 13.2 Å². The Labute approximate surface area is 133 Å². The zero-order valence-corrected chi connectivity index (χ0v) is 13.5. The minimum Gasteiger partial charge on any atom is -0.490 e. The number of fused-ring (bicyclic) bond motifs is 1. The third kappa shape index (κ3) is 3.51. The fraction of sp³-hybridized carbons (Fsp3) is 0.375. The standard InChI is InChI=1S/C16H18ClNO2S/c1-11(14-6-7-15(17)21-14)18-10-12-4-2-5-13-16(12)20-9-3-8-19-13/h2,4-7,11,18H,3,8-10H2,1H3. The van der Waals surface area contributed by atoms with Crippen LogP contribution in [-0.2, 0) is 6.54 Å². The molecule has 0 saturated carbocycles. The third-order valence-corrected chi connectivity index (χ3v) is 4.89. The summed E-state index contributed by atoms with van der Waals surface area (Å²) in [7, 11) is 0. The summed E-state index contributed by atoms with van der Waals surface area (Å²) in [6, 6.07) is 10.3. The van der Waals surface area contributed by atoms with Crippen LogP contribution >= 0.6 is 22.9 Å². The molecule has 0 fully saturated rings. The van der Waals surface area contributed by atoms with Crippen LogP contribution in [0.4, 0.5) is 0 Å². The summed E-state index contributed by atoms with van der Waals surface area (Å²) in [5.74, 6) is 1.72. The van der Waals surface area contributed by atoms with Crippen LogP contribution in [0.25, 0.3) is 0 Å². The first-order valence-corrected chi connectivity index (χ1v) is 8.29. The van der Waals surface area contributed by atoms with Crippen LogP contribution in [0.15, 0.2) is 30.3 Å². The van der Waals surface area contributed by atoms with Gasteiger partial charge in [-0.05, 0) is 25.1 Å². The quantitative estimate of drug-likeness (QED) is 0.903. The molecule has 2 heterocycles. The molecule has 3 nitrogen and oxygen atoms in total. The second-order valence-electron chi connectivity index (χ2n) is 5.04. The van der Waals surface area contributed by atoms with Gasteiger partial charge in [0.15, 0.2) is 11.5 Å². The number of halogens is 1. The van der Waals surface area contributed by atoms with Crippen molar-refractivity contribution in [2.24, 2.45) is 0 Å². The molecule has 112 valence electrons. The van der Waals surface area contributed by atoms with Crippen molar-refractivity contribution in [2.75, 3.05) is 13.2 Å². The summed E-state index contributed by atoms with van der Waals surface area (Å²) >= 11 is 7.60. The first-order chi connectivity index (χ1) is 10.2. The zero-order valence-electron chi connectivity index (χ0n) is 11.9. The van der Waals surface area contributed by atoms with Gasteiger partial charge in [0, 0.05) is 29.4 Å². The lowest BCUT2D eigenvalue weighted by Gasteiger charge is -2.16. The van der Waals surface area contributed by atoms with Crippen molar-refractivity contribution < 1.29 is 9.47 Å². The summed E-state index contributed by atoms with van der Waals surface area (Å²) in [5.41, 5.74) is 1.13. The Hall–Kier alpha value is -1.23. The summed E-state index contributed by atoms with van der Waals surface area (Å²) < 4.78 is 12.4. The van der Waals surface area contributed by atoms with E-state index < -0.39 is 0 Å². The van der Waals surface area contributed by atoms with Crippen molar-refractivity contribution in [1.29, 1.82) is 0 Å². The Morgan fingerprint density at radius 2 is 2.10 bits per heavy atom. The highest BCUT2D eigenvalue weighted by atomic mass is 35.5. The van der Waals surface area contributed by atoms with Crippen LogP contribution in [0.5, 0.6) is 11.5 Å². The van der Waals surface area contributed by atoms with E-state index in [1.165, 1.54) is 4.88 Å². The molecule has 1 atom stereocenters. The highest BCUT2D eigenvalue weighted by molar-refractivity contribution is 7.16. The molecule has 1 aromatic heterocycles. The Balaban J connectivity index is 1.70. The number of thiophene rings is 1. The zero-order chi connectivity index (χ0) is 14.7. The second-order valence-corrected chi connectivity index (χ2v) is 6.79. The average molecular weight is 324 g/mol. The highest BCUT2D eigenvalue weighted by Crippen LogP contribution is 2.34. The van der Waals surface area contributed by atoms with Crippen molar-refractivity contribution in [3.8, 4) is 11.5 Å². The molecule has 21 heavy (non-hydrogen) atoms. The molecule has 5 heteroatoms. The van der Waals surface area contributed by atoms with E-state index in [2.05, 4.69) is 24.4 Å². The van der Waals surface area contributed by atoms with Gasteiger partial charge < -0.3 is 14.8 Å². The second kappa shape index (κ2) is 6.69. The molecule has 1 aliphatic rings. The Kier molecular flexibility index (Phi) is 4.68. The van der Waals surface area contributed by atoms with Crippen LogP contribution in [0.2, 0.25) is 4.34 Å². The monoisotopic (exact) mass is 323 g/mol. The first kappa shape index (κ1) is 14.7. The molecule has 2 aromatic rings. The summed E-state index contributed by atoms with van der Waals surface area (Å²) in [6.45, 7) is 4.30. The van der Waals surface area contributed by atoms with Crippen molar-refractivity contribution in [3.05, 3.63) is 45.1 Å². The number of hydrogen-bond acceptors (Lipinski definition) is 4. The van der Waals surface area contributed by atoms with E-state index in [4.69, 9.17) is 21.1 Å². The molecule has 0 amide bonds. The Morgan fingerprint density at radius 3 is 2.90 bits per heavy atom. The smallest absolute Gasteiger partial charge is 0.165 e. The van der Waals surface area contributed by atoms with Crippen molar-refractivity contribution in [1.82, 2.24) is 5.32 Å². The molecule has 0 aliphatic carbocycles. The lowest BCUT2D eigenvalue weighted by atomic mass is 10.1. The summed E-state index contributed by atoms with van der Waals surface area (Å²) in [6.07, 6.45) is 0.922. The third-order valence-electron chi connectivity index (χ3n) is 3.47. The molecule has 1 aliphatic heterocycles. The fourth-order valence-corrected chi connectivity index (χ4v) is 3.41. The largest absolute Gasteiger partial charge is 0.490 e. The van der Waals surface area contributed by atoms with Gasteiger partial charge in [0.25, 0.3) is 0 Å². The lowest BCUT2D eigenvalue weighted by Crippen LogP contribution is -2.17. The van der Waals surface area contributed by atoms with E-state index in [1.54, 1.807) is 11.3 Å². The minimum absolute atomic E-state index is 0.255. The topological polar surface area (TPSA) is 30.5 Å².